The maximum atomic E-state index is 12.2. The van der Waals surface area contributed by atoms with Crippen molar-refractivity contribution in [3.05, 3.63) is 107 Å². The number of hydrogen-bond acceptors (Lipinski definition) is 2. The molecule has 0 bridgehead atoms. The number of fused-ring (bicyclic) bond motifs is 2. The van der Waals surface area contributed by atoms with Gasteiger partial charge in [-0.3, -0.25) is 9.59 Å². The summed E-state index contributed by atoms with van der Waals surface area (Å²) < 4.78 is 0. The number of benzene rings is 5. The van der Waals surface area contributed by atoms with E-state index < -0.39 is 16.1 Å². The lowest BCUT2D eigenvalue weighted by Gasteiger charge is -2.38. The van der Waals surface area contributed by atoms with Crippen LogP contribution in [0.1, 0.15) is 115 Å². The Bertz CT molecular complexity index is 2110. The van der Waals surface area contributed by atoms with Gasteiger partial charge in [-0.1, -0.05) is 168 Å². The van der Waals surface area contributed by atoms with Crippen LogP contribution in [0.15, 0.2) is 84.9 Å². The molecule has 0 aliphatic rings. The number of carbonyl (C=O) groups is 2. The summed E-state index contributed by atoms with van der Waals surface area (Å²) in [7, 11) is -4.23. The minimum absolute atomic E-state index is 0.482. The lowest BCUT2D eigenvalue weighted by atomic mass is 9.88. The molecule has 0 aromatic heterocycles. The van der Waals surface area contributed by atoms with Gasteiger partial charge in [0.25, 0.3) is 0 Å². The Morgan fingerprint density at radius 3 is 1.04 bits per heavy atom. The lowest BCUT2D eigenvalue weighted by Crippen LogP contribution is -2.43. The second kappa shape index (κ2) is 16.5. The van der Waals surface area contributed by atoms with Crippen LogP contribution < -0.4 is 0 Å². The number of rotatable bonds is 10. The zero-order valence-electron chi connectivity index (χ0n) is 34.5. The molecule has 0 spiro atoms. The van der Waals surface area contributed by atoms with Crippen molar-refractivity contribution < 1.29 is 9.59 Å². The van der Waals surface area contributed by atoms with Crippen LogP contribution in [-0.2, 0) is 0 Å². The first kappa shape index (κ1) is 40.7. The SMILES string of the molecule is CC(C)[Si](C#Cc1c2ccc(-c3ccccc3C=O)cc2c(C#C[Si](C(C)C)(C(C)C)C(C)C)c2ccc(-c3ccccc3C=O)cc12)(C(C)C)C(C)C. The minimum Gasteiger partial charge on any atom is -0.298 e. The molecule has 0 saturated carbocycles. The molecule has 0 saturated heterocycles. The highest BCUT2D eigenvalue weighted by Gasteiger charge is 2.43. The molecule has 54 heavy (non-hydrogen) atoms. The maximum Gasteiger partial charge on any atom is 0.150 e. The first-order valence-electron chi connectivity index (χ1n) is 19.8. The fourth-order valence-corrected chi connectivity index (χ4v) is 20.2. The lowest BCUT2D eigenvalue weighted by molar-refractivity contribution is 0.111. The van der Waals surface area contributed by atoms with Gasteiger partial charge in [-0.15, -0.1) is 11.1 Å². The van der Waals surface area contributed by atoms with E-state index in [1.807, 2.05) is 48.5 Å². The maximum absolute atomic E-state index is 12.2. The highest BCUT2D eigenvalue weighted by Crippen LogP contribution is 2.44. The van der Waals surface area contributed by atoms with E-state index in [0.717, 1.165) is 67.5 Å². The van der Waals surface area contributed by atoms with Crippen LogP contribution in [0.3, 0.4) is 0 Å². The van der Waals surface area contributed by atoms with Crippen LogP contribution in [0, 0.1) is 22.9 Å². The first-order chi connectivity index (χ1) is 25.6. The van der Waals surface area contributed by atoms with Crippen molar-refractivity contribution in [1.82, 2.24) is 0 Å². The largest absolute Gasteiger partial charge is 0.298 e. The fourth-order valence-electron chi connectivity index (χ4n) is 9.77. The normalized spacial score (nSPS) is 12.2. The summed E-state index contributed by atoms with van der Waals surface area (Å²) in [5, 5.41) is 4.25. The van der Waals surface area contributed by atoms with Gasteiger partial charge in [0.05, 0.1) is 0 Å². The Kier molecular flexibility index (Phi) is 12.4. The second-order valence-corrected chi connectivity index (χ2v) is 28.1. The van der Waals surface area contributed by atoms with Gasteiger partial charge in [0.1, 0.15) is 16.1 Å². The van der Waals surface area contributed by atoms with E-state index in [2.05, 4.69) is 142 Å². The molecule has 0 fully saturated rings. The van der Waals surface area contributed by atoms with Crippen LogP contribution in [0.25, 0.3) is 43.8 Å². The Morgan fingerprint density at radius 2 is 0.741 bits per heavy atom. The number of hydrogen-bond donors (Lipinski definition) is 0. The zero-order valence-corrected chi connectivity index (χ0v) is 36.5. The molecule has 0 amide bonds. The molecule has 5 aromatic carbocycles. The molecule has 5 aromatic rings. The molecule has 4 heteroatoms. The Morgan fingerprint density at radius 1 is 0.426 bits per heavy atom. The summed E-state index contributed by atoms with van der Waals surface area (Å²) in [5.74, 6) is 7.81. The van der Waals surface area contributed by atoms with E-state index in [4.69, 9.17) is 0 Å². The van der Waals surface area contributed by atoms with Crippen LogP contribution in [-0.4, -0.2) is 28.7 Å². The van der Waals surface area contributed by atoms with Crippen molar-refractivity contribution in [2.45, 2.75) is 116 Å². The number of aldehydes is 2. The van der Waals surface area contributed by atoms with Crippen molar-refractivity contribution in [3.63, 3.8) is 0 Å². The van der Waals surface area contributed by atoms with Gasteiger partial charge in [0.2, 0.25) is 0 Å². The summed E-state index contributed by atoms with van der Waals surface area (Å²) >= 11 is 0. The molecule has 0 aliphatic carbocycles. The van der Waals surface area contributed by atoms with Gasteiger partial charge in [-0.25, -0.2) is 0 Å². The minimum atomic E-state index is -2.11. The van der Waals surface area contributed by atoms with Gasteiger partial charge in [-0.2, -0.15) is 0 Å². The van der Waals surface area contributed by atoms with Gasteiger partial charge in [0.15, 0.2) is 12.6 Å². The highest BCUT2D eigenvalue weighted by atomic mass is 28.3. The molecule has 0 N–H and O–H groups in total. The Labute approximate surface area is 327 Å². The molecular weight excluding hydrogens is 689 g/mol. The van der Waals surface area contributed by atoms with Crippen molar-refractivity contribution >= 4 is 50.3 Å². The summed E-state index contributed by atoms with van der Waals surface area (Å²) in [6.07, 6.45) is 1.89. The van der Waals surface area contributed by atoms with Crippen LogP contribution in [0.2, 0.25) is 33.2 Å². The van der Waals surface area contributed by atoms with Crippen LogP contribution in [0.5, 0.6) is 0 Å². The summed E-state index contributed by atoms with van der Waals surface area (Å²) in [6, 6.07) is 28.8. The van der Waals surface area contributed by atoms with Crippen LogP contribution in [0.4, 0.5) is 0 Å². The van der Waals surface area contributed by atoms with E-state index in [9.17, 15) is 9.59 Å². The van der Waals surface area contributed by atoms with Crippen molar-refractivity contribution in [1.29, 1.82) is 0 Å². The zero-order chi connectivity index (χ0) is 39.5. The van der Waals surface area contributed by atoms with Crippen molar-refractivity contribution in [3.8, 4) is 45.2 Å². The summed E-state index contributed by atoms with van der Waals surface area (Å²) in [5.41, 5.74) is 18.1. The molecule has 0 atom stereocenters. The first-order valence-corrected chi connectivity index (χ1v) is 24.3. The number of carbonyl (C=O) groups excluding carboxylic acids is 2. The molecule has 0 heterocycles. The smallest absolute Gasteiger partial charge is 0.150 e. The molecular formula is C50H58O2Si2. The quantitative estimate of drug-likeness (QED) is 0.0617. The molecule has 0 unspecified atom stereocenters. The van der Waals surface area contributed by atoms with E-state index in [1.54, 1.807) is 0 Å². The highest BCUT2D eigenvalue weighted by molar-refractivity contribution is 6.91. The monoisotopic (exact) mass is 746 g/mol. The topological polar surface area (TPSA) is 34.1 Å². The van der Waals surface area contributed by atoms with Gasteiger partial charge >= 0.3 is 0 Å². The van der Waals surface area contributed by atoms with Gasteiger partial charge < -0.3 is 0 Å². The fraction of sp³-hybridized carbons (Fsp3) is 0.360. The predicted molar refractivity (Wildman–Crippen MR) is 239 cm³/mol. The average molecular weight is 747 g/mol. The third kappa shape index (κ3) is 7.20. The van der Waals surface area contributed by atoms with Crippen LogP contribution >= 0.6 is 0 Å². The molecule has 2 nitrogen and oxygen atoms in total. The molecule has 0 aliphatic heterocycles. The van der Waals surface area contributed by atoms with Gasteiger partial charge in [0, 0.05) is 22.3 Å². The molecule has 278 valence electrons. The Balaban J connectivity index is 2.03. The van der Waals surface area contributed by atoms with E-state index in [0.29, 0.717) is 44.4 Å². The van der Waals surface area contributed by atoms with Gasteiger partial charge in [-0.05, 0) is 89.2 Å². The van der Waals surface area contributed by atoms with Crippen molar-refractivity contribution in [2.75, 3.05) is 0 Å². The van der Waals surface area contributed by atoms with E-state index in [1.165, 1.54) is 0 Å². The Hall–Kier alpha value is -4.49. The average Bonchev–Trinajstić information content (AvgIpc) is 3.14. The van der Waals surface area contributed by atoms with E-state index >= 15 is 0 Å². The predicted octanol–water partition coefficient (Wildman–Crippen LogP) is 14.1. The molecule has 5 rings (SSSR count). The summed E-state index contributed by atoms with van der Waals surface area (Å²) in [6.45, 7) is 28.3. The third-order valence-electron chi connectivity index (χ3n) is 12.5. The molecule has 0 radical (unpaired) electrons. The van der Waals surface area contributed by atoms with E-state index in [-0.39, 0.29) is 0 Å². The summed E-state index contributed by atoms with van der Waals surface area (Å²) in [4.78, 5) is 24.5. The standard InChI is InChI=1S/C50H58O2Si2/c1-33(2)53(34(3)4,35(5)6)27-25-47-45-23-21-40(44-20-16-14-18-42(44)32-52)30-50(45)48(26-28-54(36(7)8,37(9)10)38(11)12)46-24-22-39(29-49(46)47)43-19-15-13-17-41(43)31-51/h13-24,29-38H,1-12H3. The second-order valence-electron chi connectivity index (χ2n) is 17.0. The van der Waals surface area contributed by atoms with Crippen molar-refractivity contribution in [2.24, 2.45) is 0 Å². The third-order valence-corrected chi connectivity index (χ3v) is 25.0.